The number of anilines is 1. The molecule has 0 bridgehead atoms. The number of ether oxygens (including phenoxy) is 2. The Bertz CT molecular complexity index is 1180. The number of hydrogen-bond donors (Lipinski definition) is 1. The van der Waals surface area contributed by atoms with Gasteiger partial charge in [0.05, 0.1) is 31.1 Å². The fourth-order valence-corrected chi connectivity index (χ4v) is 4.77. The lowest BCUT2D eigenvalue weighted by Crippen LogP contribution is -2.53. The average molecular weight is 448 g/mol. The van der Waals surface area contributed by atoms with Gasteiger partial charge in [-0.05, 0) is 43.7 Å². The van der Waals surface area contributed by atoms with E-state index in [1.165, 1.54) is 0 Å². The van der Waals surface area contributed by atoms with Gasteiger partial charge in [0.25, 0.3) is 5.91 Å². The van der Waals surface area contributed by atoms with Crippen molar-refractivity contribution < 1.29 is 14.3 Å². The number of aromatic nitrogens is 2. The van der Waals surface area contributed by atoms with Crippen LogP contribution in [0.15, 0.2) is 36.5 Å². The monoisotopic (exact) mass is 447 g/mol. The molecule has 1 amide bonds. The molecule has 1 atom stereocenters. The van der Waals surface area contributed by atoms with Crippen LogP contribution in [-0.4, -0.2) is 67.2 Å². The van der Waals surface area contributed by atoms with Crippen LogP contribution in [0.2, 0.25) is 0 Å². The smallest absolute Gasteiger partial charge is 0.269 e. The maximum atomic E-state index is 11.8. The van der Waals surface area contributed by atoms with Gasteiger partial charge in [-0.2, -0.15) is 0 Å². The van der Waals surface area contributed by atoms with Crippen molar-refractivity contribution in [1.82, 2.24) is 20.2 Å². The predicted molar refractivity (Wildman–Crippen MR) is 127 cm³/mol. The van der Waals surface area contributed by atoms with Gasteiger partial charge >= 0.3 is 0 Å². The van der Waals surface area contributed by atoms with Crippen LogP contribution >= 0.6 is 0 Å². The Morgan fingerprint density at radius 1 is 1.24 bits per heavy atom. The van der Waals surface area contributed by atoms with Gasteiger partial charge in [0.15, 0.2) is 0 Å². The molecule has 1 saturated heterocycles. The van der Waals surface area contributed by atoms with Crippen LogP contribution in [0.3, 0.4) is 0 Å². The maximum Gasteiger partial charge on any atom is 0.269 e. The summed E-state index contributed by atoms with van der Waals surface area (Å²) in [5.41, 5.74) is 4.59. The first-order valence-electron chi connectivity index (χ1n) is 11.3. The molecular weight excluding hydrogens is 418 g/mol. The molecule has 5 rings (SSSR count). The summed E-state index contributed by atoms with van der Waals surface area (Å²) in [6, 6.07) is 10.5. The fourth-order valence-electron chi connectivity index (χ4n) is 4.77. The molecule has 8 heteroatoms. The number of fused-ring (bicyclic) bond motifs is 3. The van der Waals surface area contributed by atoms with Crippen LogP contribution in [0.5, 0.6) is 11.6 Å². The molecule has 0 spiro atoms. The third kappa shape index (κ3) is 4.18. The second kappa shape index (κ2) is 8.86. The highest BCUT2D eigenvalue weighted by Crippen LogP contribution is 2.32. The summed E-state index contributed by atoms with van der Waals surface area (Å²) in [7, 11) is 3.27. The van der Waals surface area contributed by atoms with Crippen LogP contribution in [0.4, 0.5) is 5.69 Å². The number of nitrogens with one attached hydrogen (secondary N) is 1. The number of piperazine rings is 1. The normalized spacial score (nSPS) is 18.5. The van der Waals surface area contributed by atoms with Crippen LogP contribution in [0.25, 0.3) is 10.9 Å². The van der Waals surface area contributed by atoms with Crippen molar-refractivity contribution in [3.8, 4) is 11.6 Å². The Labute approximate surface area is 193 Å². The fraction of sp³-hybridized carbons (Fsp3) is 0.400. The lowest BCUT2D eigenvalue weighted by atomic mass is 10.0. The summed E-state index contributed by atoms with van der Waals surface area (Å²) in [6.07, 6.45) is 2.75. The molecule has 172 valence electrons. The van der Waals surface area contributed by atoms with Gasteiger partial charge in [-0.25, -0.2) is 9.97 Å². The number of amides is 1. The zero-order valence-electron chi connectivity index (χ0n) is 19.3. The summed E-state index contributed by atoms with van der Waals surface area (Å²) >= 11 is 0. The van der Waals surface area contributed by atoms with Crippen LogP contribution in [0, 0.1) is 6.92 Å². The predicted octanol–water partition coefficient (Wildman–Crippen LogP) is 2.78. The highest BCUT2D eigenvalue weighted by atomic mass is 16.5. The van der Waals surface area contributed by atoms with E-state index in [1.807, 2.05) is 13.0 Å². The molecule has 1 N–H and O–H groups in total. The molecule has 2 aliphatic rings. The quantitative estimate of drug-likeness (QED) is 0.661. The van der Waals surface area contributed by atoms with Crippen molar-refractivity contribution in [2.45, 2.75) is 25.9 Å². The molecule has 1 fully saturated rings. The Morgan fingerprint density at radius 3 is 2.88 bits per heavy atom. The van der Waals surface area contributed by atoms with Crippen molar-refractivity contribution in [3.05, 3.63) is 53.3 Å². The van der Waals surface area contributed by atoms with Crippen LogP contribution in [-0.2, 0) is 6.54 Å². The minimum absolute atomic E-state index is 0.169. The molecule has 0 unspecified atom stereocenters. The Morgan fingerprint density at radius 2 is 2.12 bits per heavy atom. The van der Waals surface area contributed by atoms with Gasteiger partial charge in [0.1, 0.15) is 11.4 Å². The molecule has 2 aliphatic heterocycles. The number of carbonyl (C=O) groups is 1. The molecule has 4 heterocycles. The average Bonchev–Trinajstić information content (AvgIpc) is 2.83. The van der Waals surface area contributed by atoms with Crippen molar-refractivity contribution >= 4 is 22.5 Å². The standard InChI is InChI=1S/C25H29N5O3/c1-16-10-17-12-23-18(11-22(17)28-25(16)32-3)14-29-7-8-30(15-20(29)6-9-33-23)19-4-5-21(27-13-19)24(31)26-2/h4-5,10-13,20H,6-9,14-15H2,1-3H3,(H,26,31)/t20-/m1/s1. The van der Waals surface area contributed by atoms with Gasteiger partial charge in [-0.1, -0.05) is 0 Å². The zero-order chi connectivity index (χ0) is 22.9. The maximum absolute atomic E-state index is 11.8. The number of benzene rings is 1. The summed E-state index contributed by atoms with van der Waals surface area (Å²) in [4.78, 5) is 25.7. The van der Waals surface area contributed by atoms with E-state index in [0.29, 0.717) is 24.2 Å². The Kier molecular flexibility index (Phi) is 5.76. The lowest BCUT2D eigenvalue weighted by molar-refractivity contribution is 0.0958. The number of rotatable bonds is 3. The molecule has 0 aliphatic carbocycles. The minimum Gasteiger partial charge on any atom is -0.493 e. The molecule has 0 saturated carbocycles. The summed E-state index contributed by atoms with van der Waals surface area (Å²) < 4.78 is 11.6. The van der Waals surface area contributed by atoms with Crippen molar-refractivity contribution in [2.24, 2.45) is 0 Å². The molecule has 3 aromatic rings. The van der Waals surface area contributed by atoms with Crippen molar-refractivity contribution in [2.75, 3.05) is 45.3 Å². The van der Waals surface area contributed by atoms with E-state index in [4.69, 9.17) is 14.5 Å². The van der Waals surface area contributed by atoms with Crippen molar-refractivity contribution in [3.63, 3.8) is 0 Å². The Hall–Kier alpha value is -3.39. The lowest BCUT2D eigenvalue weighted by Gasteiger charge is -2.43. The molecule has 0 radical (unpaired) electrons. The van der Waals surface area contributed by atoms with E-state index in [0.717, 1.165) is 66.1 Å². The number of aryl methyl sites for hydroxylation is 1. The van der Waals surface area contributed by atoms with Crippen LogP contribution in [0.1, 0.15) is 28.0 Å². The van der Waals surface area contributed by atoms with E-state index in [9.17, 15) is 4.79 Å². The minimum atomic E-state index is -0.169. The van der Waals surface area contributed by atoms with Crippen molar-refractivity contribution in [1.29, 1.82) is 0 Å². The van der Waals surface area contributed by atoms with Gasteiger partial charge in [0.2, 0.25) is 5.88 Å². The highest BCUT2D eigenvalue weighted by molar-refractivity contribution is 5.92. The first-order valence-corrected chi connectivity index (χ1v) is 11.3. The molecule has 1 aromatic carbocycles. The van der Waals surface area contributed by atoms with E-state index in [2.05, 4.69) is 38.3 Å². The molecule has 2 aromatic heterocycles. The number of hydrogen-bond acceptors (Lipinski definition) is 7. The first kappa shape index (κ1) is 21.5. The van der Waals surface area contributed by atoms with Gasteiger partial charge in [0, 0.05) is 55.8 Å². The van der Waals surface area contributed by atoms with E-state index in [-0.39, 0.29) is 5.91 Å². The highest BCUT2D eigenvalue weighted by Gasteiger charge is 2.30. The number of pyridine rings is 2. The van der Waals surface area contributed by atoms with E-state index >= 15 is 0 Å². The molecule has 8 nitrogen and oxygen atoms in total. The third-order valence-electron chi connectivity index (χ3n) is 6.59. The zero-order valence-corrected chi connectivity index (χ0v) is 19.3. The van der Waals surface area contributed by atoms with Crippen LogP contribution < -0.4 is 19.7 Å². The second-order valence-corrected chi connectivity index (χ2v) is 8.66. The number of methoxy groups -OCH3 is 1. The molecular formula is C25H29N5O3. The SMILES string of the molecule is CNC(=O)c1ccc(N2CCN3Cc4cc5nc(OC)c(C)cc5cc4OCC[C@@H]3C2)cn1. The summed E-state index contributed by atoms with van der Waals surface area (Å²) in [6.45, 7) is 6.27. The van der Waals surface area contributed by atoms with E-state index in [1.54, 1.807) is 26.4 Å². The van der Waals surface area contributed by atoms with Gasteiger partial charge in [-0.15, -0.1) is 0 Å². The van der Waals surface area contributed by atoms with Gasteiger partial charge in [-0.3, -0.25) is 9.69 Å². The summed E-state index contributed by atoms with van der Waals surface area (Å²) in [5, 5.41) is 3.68. The number of carbonyl (C=O) groups excluding carboxylic acids is 1. The third-order valence-corrected chi connectivity index (χ3v) is 6.59. The largest absolute Gasteiger partial charge is 0.493 e. The topological polar surface area (TPSA) is 79.8 Å². The Balaban J connectivity index is 1.36. The van der Waals surface area contributed by atoms with E-state index < -0.39 is 0 Å². The van der Waals surface area contributed by atoms with Gasteiger partial charge < -0.3 is 19.7 Å². The second-order valence-electron chi connectivity index (χ2n) is 8.66. The molecule has 33 heavy (non-hydrogen) atoms. The number of nitrogens with zero attached hydrogens (tertiary/aromatic N) is 4. The first-order chi connectivity index (χ1) is 16.1. The summed E-state index contributed by atoms with van der Waals surface area (Å²) in [5.74, 6) is 1.44.